The van der Waals surface area contributed by atoms with E-state index in [0.29, 0.717) is 5.92 Å². The minimum absolute atomic E-state index is 0.567. The molecule has 2 rings (SSSR count). The summed E-state index contributed by atoms with van der Waals surface area (Å²) >= 11 is 6.11. The second-order valence-electron chi connectivity index (χ2n) is 5.15. The molecule has 1 aromatic carbocycles. The normalized spacial score (nSPS) is 10.7. The van der Waals surface area contributed by atoms with E-state index in [4.69, 9.17) is 11.6 Å². The summed E-state index contributed by atoms with van der Waals surface area (Å²) in [5.74, 6) is 2.12. The lowest BCUT2D eigenvalue weighted by Crippen LogP contribution is -2.09. The Labute approximate surface area is 124 Å². The maximum atomic E-state index is 6.11. The number of rotatable bonds is 5. The molecule has 20 heavy (non-hydrogen) atoms. The lowest BCUT2D eigenvalue weighted by atomic mass is 10.2. The zero-order valence-corrected chi connectivity index (χ0v) is 12.7. The van der Waals surface area contributed by atoms with Crippen molar-refractivity contribution in [3.8, 4) is 0 Å². The van der Waals surface area contributed by atoms with Crippen LogP contribution in [0, 0.1) is 12.8 Å². The van der Waals surface area contributed by atoms with Crippen LogP contribution in [0.25, 0.3) is 0 Å². The van der Waals surface area contributed by atoms with E-state index in [-0.39, 0.29) is 0 Å². The van der Waals surface area contributed by atoms with Crippen LogP contribution in [0.15, 0.2) is 30.6 Å². The molecule has 1 aromatic heterocycles. The summed E-state index contributed by atoms with van der Waals surface area (Å²) in [5.41, 5.74) is 1.97. The number of aromatic nitrogens is 2. The lowest BCUT2D eigenvalue weighted by Gasteiger charge is -2.10. The fraction of sp³-hybridized carbons (Fsp3) is 0.333. The Morgan fingerprint density at radius 3 is 2.60 bits per heavy atom. The third-order valence-electron chi connectivity index (χ3n) is 2.80. The number of halogens is 1. The van der Waals surface area contributed by atoms with Crippen molar-refractivity contribution in [2.75, 3.05) is 17.2 Å². The van der Waals surface area contributed by atoms with Crippen LogP contribution in [-0.2, 0) is 0 Å². The average Bonchev–Trinajstić information content (AvgIpc) is 2.41. The van der Waals surface area contributed by atoms with Crippen molar-refractivity contribution in [3.63, 3.8) is 0 Å². The molecular weight excluding hydrogens is 272 g/mol. The van der Waals surface area contributed by atoms with Crippen molar-refractivity contribution < 1.29 is 0 Å². The van der Waals surface area contributed by atoms with Gasteiger partial charge in [-0.3, -0.25) is 0 Å². The zero-order chi connectivity index (χ0) is 14.5. The van der Waals surface area contributed by atoms with Crippen molar-refractivity contribution in [2.24, 2.45) is 5.92 Å². The van der Waals surface area contributed by atoms with Gasteiger partial charge in [0.15, 0.2) is 0 Å². The molecule has 0 spiro atoms. The molecule has 0 aliphatic rings. The van der Waals surface area contributed by atoms with Crippen molar-refractivity contribution in [3.05, 3.63) is 41.2 Å². The second kappa shape index (κ2) is 6.57. The quantitative estimate of drug-likeness (QED) is 0.864. The number of benzene rings is 1. The van der Waals surface area contributed by atoms with Crippen LogP contribution in [0.5, 0.6) is 0 Å². The first-order chi connectivity index (χ1) is 9.54. The molecule has 1 heterocycles. The lowest BCUT2D eigenvalue weighted by molar-refractivity contribution is 0.687. The summed E-state index contributed by atoms with van der Waals surface area (Å²) < 4.78 is 0. The van der Waals surface area contributed by atoms with Crippen LogP contribution < -0.4 is 10.6 Å². The minimum atomic E-state index is 0.567. The van der Waals surface area contributed by atoms with Gasteiger partial charge in [0.25, 0.3) is 0 Å². The topological polar surface area (TPSA) is 49.8 Å². The largest absolute Gasteiger partial charge is 0.370 e. The summed E-state index contributed by atoms with van der Waals surface area (Å²) in [4.78, 5) is 8.40. The molecule has 0 fully saturated rings. The molecule has 0 aliphatic heterocycles. The van der Waals surface area contributed by atoms with Crippen molar-refractivity contribution in [2.45, 2.75) is 20.8 Å². The number of hydrogen-bond acceptors (Lipinski definition) is 4. The fourth-order valence-corrected chi connectivity index (χ4v) is 1.83. The molecular formula is C15H19ClN4. The molecule has 0 unspecified atom stereocenters. The van der Waals surface area contributed by atoms with E-state index >= 15 is 0 Å². The second-order valence-corrected chi connectivity index (χ2v) is 5.56. The summed E-state index contributed by atoms with van der Waals surface area (Å²) in [7, 11) is 0. The first kappa shape index (κ1) is 14.6. The van der Waals surface area contributed by atoms with Gasteiger partial charge in [0.2, 0.25) is 0 Å². The third-order valence-corrected chi connectivity index (χ3v) is 3.21. The maximum absolute atomic E-state index is 6.11. The maximum Gasteiger partial charge on any atom is 0.135 e. The standard InChI is InChI=1S/C15H19ClN4/c1-10(2)8-17-14-7-15(19-9-18-14)20-12-5-4-11(3)13(16)6-12/h4-7,9-10H,8H2,1-3H3,(H2,17,18,19,20). The molecule has 0 atom stereocenters. The highest BCUT2D eigenvalue weighted by Gasteiger charge is 2.02. The molecule has 2 aromatic rings. The third kappa shape index (κ3) is 4.10. The first-order valence-electron chi connectivity index (χ1n) is 6.63. The van der Waals surface area contributed by atoms with Crippen molar-refractivity contribution in [1.29, 1.82) is 0 Å². The zero-order valence-electron chi connectivity index (χ0n) is 11.9. The van der Waals surface area contributed by atoms with E-state index in [0.717, 1.165) is 34.5 Å². The molecule has 0 amide bonds. The van der Waals surface area contributed by atoms with Crippen LogP contribution in [0.3, 0.4) is 0 Å². The van der Waals surface area contributed by atoms with Crippen molar-refractivity contribution in [1.82, 2.24) is 9.97 Å². The average molecular weight is 291 g/mol. The van der Waals surface area contributed by atoms with Crippen LogP contribution in [0.1, 0.15) is 19.4 Å². The predicted octanol–water partition coefficient (Wildman–Crippen LogP) is 4.25. The van der Waals surface area contributed by atoms with Crippen LogP contribution in [0.4, 0.5) is 17.3 Å². The Morgan fingerprint density at radius 1 is 1.15 bits per heavy atom. The highest BCUT2D eigenvalue weighted by molar-refractivity contribution is 6.31. The van der Waals surface area contributed by atoms with Crippen LogP contribution in [0.2, 0.25) is 5.02 Å². The molecule has 0 saturated carbocycles. The number of nitrogens with one attached hydrogen (secondary N) is 2. The summed E-state index contributed by atoms with van der Waals surface area (Å²) in [6, 6.07) is 7.73. The Bertz CT molecular complexity index is 584. The molecule has 0 radical (unpaired) electrons. The Kier molecular flexibility index (Phi) is 4.79. The first-order valence-corrected chi connectivity index (χ1v) is 7.01. The minimum Gasteiger partial charge on any atom is -0.370 e. The van der Waals surface area contributed by atoms with E-state index in [1.165, 1.54) is 0 Å². The van der Waals surface area contributed by atoms with E-state index in [9.17, 15) is 0 Å². The van der Waals surface area contributed by atoms with Gasteiger partial charge in [0, 0.05) is 23.3 Å². The van der Waals surface area contributed by atoms with Crippen LogP contribution in [-0.4, -0.2) is 16.5 Å². The molecule has 0 saturated heterocycles. The van der Waals surface area contributed by atoms with Gasteiger partial charge in [0.05, 0.1) is 0 Å². The van der Waals surface area contributed by atoms with Gasteiger partial charge >= 0.3 is 0 Å². The molecule has 5 heteroatoms. The Hall–Kier alpha value is -1.81. The van der Waals surface area contributed by atoms with Gasteiger partial charge in [-0.25, -0.2) is 9.97 Å². The number of nitrogens with zero attached hydrogens (tertiary/aromatic N) is 2. The molecule has 4 nitrogen and oxygen atoms in total. The van der Waals surface area contributed by atoms with Gasteiger partial charge < -0.3 is 10.6 Å². The molecule has 0 bridgehead atoms. The number of anilines is 3. The van der Waals surface area contributed by atoms with Gasteiger partial charge in [-0.1, -0.05) is 31.5 Å². The smallest absolute Gasteiger partial charge is 0.135 e. The number of aryl methyl sites for hydroxylation is 1. The SMILES string of the molecule is Cc1ccc(Nc2cc(NCC(C)C)ncn2)cc1Cl. The highest BCUT2D eigenvalue weighted by atomic mass is 35.5. The van der Waals surface area contributed by atoms with Crippen molar-refractivity contribution >= 4 is 28.9 Å². The molecule has 2 N–H and O–H groups in total. The predicted molar refractivity (Wildman–Crippen MR) is 84.8 cm³/mol. The summed E-state index contributed by atoms with van der Waals surface area (Å²) in [5, 5.41) is 7.24. The van der Waals surface area contributed by atoms with E-state index in [2.05, 4.69) is 34.4 Å². The van der Waals surface area contributed by atoms with Gasteiger partial charge in [-0.05, 0) is 30.5 Å². The Balaban J connectivity index is 2.08. The van der Waals surface area contributed by atoms with Gasteiger partial charge in [0.1, 0.15) is 18.0 Å². The van der Waals surface area contributed by atoms with E-state index in [1.54, 1.807) is 6.33 Å². The van der Waals surface area contributed by atoms with Gasteiger partial charge in [-0.2, -0.15) is 0 Å². The monoisotopic (exact) mass is 290 g/mol. The Morgan fingerprint density at radius 2 is 1.90 bits per heavy atom. The summed E-state index contributed by atoms with van der Waals surface area (Å²) in [6.07, 6.45) is 1.54. The highest BCUT2D eigenvalue weighted by Crippen LogP contribution is 2.22. The van der Waals surface area contributed by atoms with Crippen LogP contribution >= 0.6 is 11.6 Å². The molecule has 106 valence electrons. The van der Waals surface area contributed by atoms with Gasteiger partial charge in [-0.15, -0.1) is 0 Å². The molecule has 0 aliphatic carbocycles. The fourth-order valence-electron chi connectivity index (χ4n) is 1.65. The van der Waals surface area contributed by atoms with E-state index in [1.807, 2.05) is 31.2 Å². The van der Waals surface area contributed by atoms with E-state index < -0.39 is 0 Å². The summed E-state index contributed by atoms with van der Waals surface area (Å²) in [6.45, 7) is 7.17. The number of hydrogen-bond donors (Lipinski definition) is 2.